The highest BCUT2D eigenvalue weighted by atomic mass is 35.5. The molecule has 0 radical (unpaired) electrons. The fourth-order valence-electron chi connectivity index (χ4n) is 1.41. The van der Waals surface area contributed by atoms with E-state index in [2.05, 4.69) is 9.97 Å². The number of halogens is 2. The molecule has 17 heavy (non-hydrogen) atoms. The summed E-state index contributed by atoms with van der Waals surface area (Å²) in [5, 5.41) is 0.974. The van der Waals surface area contributed by atoms with Crippen molar-refractivity contribution in [2.45, 2.75) is 13.3 Å². The van der Waals surface area contributed by atoms with Crippen molar-refractivity contribution in [1.29, 1.82) is 0 Å². The van der Waals surface area contributed by atoms with E-state index in [0.29, 0.717) is 16.5 Å². The van der Waals surface area contributed by atoms with Crippen LogP contribution in [0, 0.1) is 0 Å². The van der Waals surface area contributed by atoms with Gasteiger partial charge >= 0.3 is 0 Å². The second kappa shape index (κ2) is 5.34. The van der Waals surface area contributed by atoms with Crippen LogP contribution in [0.5, 0.6) is 11.5 Å². The van der Waals surface area contributed by atoms with Crippen molar-refractivity contribution in [3.8, 4) is 11.5 Å². The summed E-state index contributed by atoms with van der Waals surface area (Å²) >= 11 is 11.8. The second-order valence-electron chi connectivity index (χ2n) is 3.39. The first-order valence-corrected chi connectivity index (χ1v) is 5.88. The van der Waals surface area contributed by atoms with E-state index in [4.69, 9.17) is 27.9 Å². The van der Waals surface area contributed by atoms with E-state index in [1.807, 2.05) is 19.1 Å². The van der Waals surface area contributed by atoms with Crippen LogP contribution < -0.4 is 4.74 Å². The van der Waals surface area contributed by atoms with Gasteiger partial charge in [-0.25, -0.2) is 9.97 Å². The van der Waals surface area contributed by atoms with Gasteiger partial charge in [0.15, 0.2) is 10.9 Å². The van der Waals surface area contributed by atoms with E-state index in [-0.39, 0.29) is 5.15 Å². The van der Waals surface area contributed by atoms with Crippen molar-refractivity contribution in [2.24, 2.45) is 0 Å². The molecule has 0 aliphatic rings. The maximum Gasteiger partial charge on any atom is 0.182 e. The van der Waals surface area contributed by atoms with Crippen LogP contribution in [-0.4, -0.2) is 9.97 Å². The van der Waals surface area contributed by atoms with Crippen molar-refractivity contribution >= 4 is 23.2 Å². The van der Waals surface area contributed by atoms with Crippen LogP contribution in [0.25, 0.3) is 0 Å². The van der Waals surface area contributed by atoms with Crippen molar-refractivity contribution < 1.29 is 4.74 Å². The molecule has 1 aromatic heterocycles. The number of rotatable bonds is 3. The molecule has 0 N–H and O–H groups in total. The largest absolute Gasteiger partial charge is 0.452 e. The third-order valence-corrected chi connectivity index (χ3v) is 2.78. The molecule has 1 heterocycles. The highest BCUT2D eigenvalue weighted by Gasteiger charge is 2.08. The Kier molecular flexibility index (Phi) is 3.82. The zero-order valence-electron chi connectivity index (χ0n) is 9.15. The van der Waals surface area contributed by atoms with Gasteiger partial charge in [0, 0.05) is 5.02 Å². The predicted octanol–water partition coefficient (Wildman–Crippen LogP) is 4.14. The number of hydrogen-bond donors (Lipinski definition) is 0. The average molecular weight is 269 g/mol. The van der Waals surface area contributed by atoms with E-state index >= 15 is 0 Å². The summed E-state index contributed by atoms with van der Waals surface area (Å²) in [4.78, 5) is 7.72. The molecular formula is C12H10Cl2N2O. The Balaban J connectivity index is 2.33. The molecule has 0 aliphatic carbocycles. The Morgan fingerprint density at radius 1 is 1.24 bits per heavy atom. The maximum atomic E-state index is 5.92. The molecule has 1 aromatic carbocycles. The van der Waals surface area contributed by atoms with E-state index in [1.54, 1.807) is 6.07 Å². The molecule has 3 nitrogen and oxygen atoms in total. The molecule has 5 heteroatoms. The van der Waals surface area contributed by atoms with Gasteiger partial charge in [-0.3, -0.25) is 0 Å². The molecule has 0 saturated carbocycles. The normalized spacial score (nSPS) is 10.3. The highest BCUT2D eigenvalue weighted by molar-refractivity contribution is 6.31. The van der Waals surface area contributed by atoms with Gasteiger partial charge in [0.1, 0.15) is 12.1 Å². The summed E-state index contributed by atoms with van der Waals surface area (Å²) in [6.45, 7) is 2.03. The first kappa shape index (κ1) is 12.1. The lowest BCUT2D eigenvalue weighted by molar-refractivity contribution is 0.472. The number of hydrogen-bond acceptors (Lipinski definition) is 3. The summed E-state index contributed by atoms with van der Waals surface area (Å²) in [5.41, 5.74) is 1.01. The summed E-state index contributed by atoms with van der Waals surface area (Å²) in [7, 11) is 0. The minimum atomic E-state index is 0.289. The molecule has 2 aromatic rings. The van der Waals surface area contributed by atoms with Crippen LogP contribution >= 0.6 is 23.2 Å². The number of ether oxygens (including phenoxy) is 1. The molecule has 0 atom stereocenters. The summed E-state index contributed by atoms with van der Waals surface area (Å²) in [6.07, 6.45) is 3.72. The van der Waals surface area contributed by atoms with E-state index in [0.717, 1.165) is 12.0 Å². The van der Waals surface area contributed by atoms with Gasteiger partial charge < -0.3 is 4.74 Å². The van der Waals surface area contributed by atoms with Crippen molar-refractivity contribution in [3.05, 3.63) is 46.5 Å². The maximum absolute atomic E-state index is 5.92. The van der Waals surface area contributed by atoms with E-state index < -0.39 is 0 Å². The lowest BCUT2D eigenvalue weighted by Crippen LogP contribution is -1.92. The quantitative estimate of drug-likeness (QED) is 0.785. The molecule has 2 rings (SSSR count). The molecule has 0 saturated heterocycles. The molecule has 0 aliphatic heterocycles. The molecule has 0 spiro atoms. The monoisotopic (exact) mass is 268 g/mol. The third kappa shape index (κ3) is 2.87. The lowest BCUT2D eigenvalue weighted by Gasteiger charge is -2.10. The van der Waals surface area contributed by atoms with Gasteiger partial charge in [-0.1, -0.05) is 30.1 Å². The average Bonchev–Trinajstić information content (AvgIpc) is 2.34. The summed E-state index contributed by atoms with van der Waals surface area (Å²) < 4.78 is 5.67. The van der Waals surface area contributed by atoms with Gasteiger partial charge in [-0.2, -0.15) is 0 Å². The Bertz CT molecular complexity index is 532. The standard InChI is InChI=1S/C12H10Cl2N2O/c1-2-8-5-9(13)3-4-10(8)17-11-6-15-7-16-12(11)14/h3-7H,2H2,1H3. The Labute approximate surface area is 109 Å². The number of nitrogens with zero attached hydrogens (tertiary/aromatic N) is 2. The Morgan fingerprint density at radius 2 is 2.06 bits per heavy atom. The number of aromatic nitrogens is 2. The smallest absolute Gasteiger partial charge is 0.182 e. The minimum absolute atomic E-state index is 0.289. The van der Waals surface area contributed by atoms with Crippen LogP contribution in [0.4, 0.5) is 0 Å². The van der Waals surface area contributed by atoms with Crippen molar-refractivity contribution in [1.82, 2.24) is 9.97 Å². The minimum Gasteiger partial charge on any atom is -0.452 e. The molecule has 88 valence electrons. The van der Waals surface area contributed by atoms with Crippen LogP contribution in [0.2, 0.25) is 10.2 Å². The zero-order chi connectivity index (χ0) is 12.3. The molecule has 0 amide bonds. The van der Waals surface area contributed by atoms with Crippen LogP contribution in [-0.2, 0) is 6.42 Å². The molecule has 0 fully saturated rings. The SMILES string of the molecule is CCc1cc(Cl)ccc1Oc1cncnc1Cl. The first-order valence-electron chi connectivity index (χ1n) is 5.12. The fourth-order valence-corrected chi connectivity index (χ4v) is 1.74. The highest BCUT2D eigenvalue weighted by Crippen LogP contribution is 2.30. The third-order valence-electron chi connectivity index (χ3n) is 2.26. The van der Waals surface area contributed by atoms with Gasteiger partial charge in [0.25, 0.3) is 0 Å². The van der Waals surface area contributed by atoms with E-state index in [9.17, 15) is 0 Å². The first-order chi connectivity index (χ1) is 8.20. The fraction of sp³-hybridized carbons (Fsp3) is 0.167. The number of aryl methyl sites for hydroxylation is 1. The van der Waals surface area contributed by atoms with E-state index in [1.165, 1.54) is 12.5 Å². The van der Waals surface area contributed by atoms with Crippen LogP contribution in [0.3, 0.4) is 0 Å². The topological polar surface area (TPSA) is 35.0 Å². The van der Waals surface area contributed by atoms with Crippen LogP contribution in [0.15, 0.2) is 30.7 Å². The Morgan fingerprint density at radius 3 is 2.76 bits per heavy atom. The number of benzene rings is 1. The summed E-state index contributed by atoms with van der Waals surface area (Å²) in [6, 6.07) is 5.45. The van der Waals surface area contributed by atoms with Crippen molar-refractivity contribution in [3.63, 3.8) is 0 Å². The Hall–Kier alpha value is -1.32. The van der Waals surface area contributed by atoms with Gasteiger partial charge in [-0.15, -0.1) is 0 Å². The van der Waals surface area contributed by atoms with Crippen molar-refractivity contribution in [2.75, 3.05) is 0 Å². The molecule has 0 unspecified atom stereocenters. The predicted molar refractivity (Wildman–Crippen MR) is 67.9 cm³/mol. The van der Waals surface area contributed by atoms with Gasteiger partial charge in [0.2, 0.25) is 0 Å². The van der Waals surface area contributed by atoms with Gasteiger partial charge in [-0.05, 0) is 30.2 Å². The zero-order valence-corrected chi connectivity index (χ0v) is 10.7. The summed E-state index contributed by atoms with van der Waals surface area (Å²) in [5.74, 6) is 1.15. The molecular weight excluding hydrogens is 259 g/mol. The molecule has 0 bridgehead atoms. The van der Waals surface area contributed by atoms with Crippen LogP contribution in [0.1, 0.15) is 12.5 Å². The van der Waals surface area contributed by atoms with Gasteiger partial charge in [0.05, 0.1) is 6.20 Å². The lowest BCUT2D eigenvalue weighted by atomic mass is 10.1. The second-order valence-corrected chi connectivity index (χ2v) is 4.18.